The van der Waals surface area contributed by atoms with Crippen LogP contribution in [0.5, 0.6) is 11.5 Å². The molecule has 0 amide bonds. The number of hydrogen-bond acceptors (Lipinski definition) is 8. The Labute approximate surface area is 536 Å². The van der Waals surface area contributed by atoms with Gasteiger partial charge in [0.1, 0.15) is 21.5 Å². The van der Waals surface area contributed by atoms with Gasteiger partial charge in [-0.25, -0.2) is 9.97 Å². The van der Waals surface area contributed by atoms with E-state index in [2.05, 4.69) is 71.7 Å². The van der Waals surface area contributed by atoms with Gasteiger partial charge in [-0.2, -0.15) is 0 Å². The average molecular weight is 1330 g/mol. The first-order valence-electron chi connectivity index (χ1n) is 35.1. The summed E-state index contributed by atoms with van der Waals surface area (Å²) in [7, 11) is 0. The highest BCUT2D eigenvalue weighted by atomic mass is 79.9. The highest BCUT2D eigenvalue weighted by Gasteiger charge is 2.25. The van der Waals surface area contributed by atoms with Crippen LogP contribution in [0.3, 0.4) is 0 Å². The van der Waals surface area contributed by atoms with Gasteiger partial charge >= 0.3 is 0 Å². The Morgan fingerprint density at radius 1 is 0.305 bits per heavy atom. The molecule has 5 aromatic rings. The fourth-order valence-corrected chi connectivity index (χ4v) is 17.5. The molecule has 10 heteroatoms. The van der Waals surface area contributed by atoms with E-state index >= 15 is 0 Å². The summed E-state index contributed by atoms with van der Waals surface area (Å²) < 4.78 is 19.0. The Morgan fingerprint density at radius 2 is 0.537 bits per heavy atom. The monoisotopic (exact) mass is 1330 g/mol. The number of fused-ring (bicyclic) bond motifs is 2. The second-order valence-electron chi connectivity index (χ2n) is 24.6. The van der Waals surface area contributed by atoms with Gasteiger partial charge in [0.2, 0.25) is 0 Å². The molecule has 0 atom stereocenters. The van der Waals surface area contributed by atoms with Gasteiger partial charge in [0.05, 0.1) is 51.3 Å². The maximum atomic E-state index is 7.12. The number of hydrogen-bond donors (Lipinski definition) is 0. The largest absolute Gasteiger partial charge is 0.491 e. The number of benzene rings is 1. The summed E-state index contributed by atoms with van der Waals surface area (Å²) in [6.45, 7) is 10.7. The first-order chi connectivity index (χ1) is 40.5. The fourth-order valence-electron chi connectivity index (χ4n) is 11.9. The van der Waals surface area contributed by atoms with Crippen LogP contribution in [0.4, 0.5) is 0 Å². The quantitative estimate of drug-likeness (QED) is 0.0364. The molecule has 0 aliphatic carbocycles. The third-order valence-electron chi connectivity index (χ3n) is 17.1. The molecular weight excluding hydrogens is 1210 g/mol. The van der Waals surface area contributed by atoms with E-state index in [4.69, 9.17) is 19.4 Å². The molecule has 0 spiro atoms. The predicted molar refractivity (Wildman–Crippen MR) is 378 cm³/mol. The molecule has 0 unspecified atom stereocenters. The normalized spacial score (nSPS) is 11.9. The average Bonchev–Trinajstić information content (AvgIpc) is 4.29. The van der Waals surface area contributed by atoms with Crippen LogP contribution in [-0.2, 0) is 12.8 Å². The molecule has 466 valence electrons. The van der Waals surface area contributed by atoms with Gasteiger partial charge < -0.3 is 9.47 Å². The molecule has 4 heterocycles. The van der Waals surface area contributed by atoms with Crippen molar-refractivity contribution in [2.24, 2.45) is 0 Å². The molecule has 0 bridgehead atoms. The number of thiophene rings is 2. The number of nitrogens with zero attached hydrogens (tertiary/aromatic N) is 2. The Hall–Kier alpha value is -1.04. The van der Waals surface area contributed by atoms with E-state index in [1.54, 1.807) is 22.7 Å². The standard InChI is InChI=1S/C72H118Br2N2O2S4/c1-5-9-13-17-21-25-29-33-37-41-45-49-53-61-69(73)81-71(75-61)63-57-59-65(77-55-51-47-43-39-35-31-27-23-19-15-11-7-3)68-60(66(67(59)79-63)78-56-52-48-44-40-36-32-28-24-20-16-12-8-4)58-64(80-68)72-76-62(70(74)82-72)54-50-46-42-38-34-30-26-22-18-14-10-6-2/h57-58H,5-56H2,1-4H3. The van der Waals surface area contributed by atoms with Crippen molar-refractivity contribution in [2.45, 2.75) is 349 Å². The molecule has 0 fully saturated rings. The van der Waals surface area contributed by atoms with E-state index in [-0.39, 0.29) is 0 Å². The lowest BCUT2D eigenvalue weighted by Crippen LogP contribution is -2.00. The highest BCUT2D eigenvalue weighted by Crippen LogP contribution is 2.54. The van der Waals surface area contributed by atoms with Crippen LogP contribution in [0.2, 0.25) is 0 Å². The van der Waals surface area contributed by atoms with E-state index in [0.717, 1.165) is 60.4 Å². The summed E-state index contributed by atoms with van der Waals surface area (Å²) in [5.74, 6) is 2.06. The van der Waals surface area contributed by atoms with Gasteiger partial charge in [0, 0.05) is 10.8 Å². The van der Waals surface area contributed by atoms with E-state index in [1.807, 2.05) is 22.7 Å². The topological polar surface area (TPSA) is 44.2 Å². The molecule has 4 nitrogen and oxygen atoms in total. The first-order valence-corrected chi connectivity index (χ1v) is 39.9. The van der Waals surface area contributed by atoms with Crippen molar-refractivity contribution in [3.63, 3.8) is 0 Å². The molecule has 1 aromatic carbocycles. The Bertz CT molecular complexity index is 2120. The highest BCUT2D eigenvalue weighted by molar-refractivity contribution is 9.11. The van der Waals surface area contributed by atoms with Crippen molar-refractivity contribution in [1.29, 1.82) is 0 Å². The number of rotatable bonds is 56. The lowest BCUT2D eigenvalue weighted by atomic mass is 10.0. The van der Waals surface area contributed by atoms with Crippen molar-refractivity contribution >= 4 is 97.4 Å². The molecule has 4 aromatic heterocycles. The first kappa shape index (κ1) is 71.7. The molecule has 5 rings (SSSR count). The number of unbranched alkanes of at least 4 members (excludes halogenated alkanes) is 44. The minimum atomic E-state index is 0.733. The zero-order chi connectivity index (χ0) is 57.9. The van der Waals surface area contributed by atoms with E-state index in [9.17, 15) is 0 Å². The molecule has 82 heavy (non-hydrogen) atoms. The second kappa shape index (κ2) is 47.0. The lowest BCUT2D eigenvalue weighted by Gasteiger charge is -2.14. The lowest BCUT2D eigenvalue weighted by molar-refractivity contribution is 0.307. The smallest absolute Gasteiger partial charge is 0.146 e. The van der Waals surface area contributed by atoms with E-state index < -0.39 is 0 Å². The Morgan fingerprint density at radius 3 is 0.793 bits per heavy atom. The minimum absolute atomic E-state index is 0.733. The maximum absolute atomic E-state index is 7.12. The van der Waals surface area contributed by atoms with Crippen molar-refractivity contribution < 1.29 is 9.47 Å². The van der Waals surface area contributed by atoms with Gasteiger partial charge in [-0.1, -0.05) is 310 Å². The van der Waals surface area contributed by atoms with Crippen LogP contribution in [0.1, 0.15) is 347 Å². The van der Waals surface area contributed by atoms with Crippen LogP contribution in [0.15, 0.2) is 19.7 Å². The van der Waals surface area contributed by atoms with Crippen LogP contribution in [0.25, 0.3) is 39.9 Å². The molecule has 0 saturated heterocycles. The van der Waals surface area contributed by atoms with Crippen molar-refractivity contribution in [3.05, 3.63) is 31.1 Å². The summed E-state index contributed by atoms with van der Waals surface area (Å²) in [6.07, 6.45) is 67.0. The third kappa shape index (κ3) is 28.9. The van der Waals surface area contributed by atoms with E-state index in [0.29, 0.717) is 0 Å². The summed E-state index contributed by atoms with van der Waals surface area (Å²) in [5, 5.41) is 4.59. The molecule has 0 aliphatic heterocycles. The Kier molecular flexibility index (Phi) is 41.1. The van der Waals surface area contributed by atoms with Crippen molar-refractivity contribution in [2.75, 3.05) is 13.2 Å². The molecule has 0 N–H and O–H groups in total. The minimum Gasteiger partial charge on any atom is -0.491 e. The molecule has 0 radical (unpaired) electrons. The van der Waals surface area contributed by atoms with Crippen LogP contribution >= 0.6 is 77.2 Å². The van der Waals surface area contributed by atoms with Crippen LogP contribution < -0.4 is 9.47 Å². The number of aryl methyl sites for hydroxylation is 2. The summed E-state index contributed by atoms with van der Waals surface area (Å²) >= 11 is 15.3. The zero-order valence-electron chi connectivity index (χ0n) is 53.0. The van der Waals surface area contributed by atoms with Crippen molar-refractivity contribution in [1.82, 2.24) is 9.97 Å². The van der Waals surface area contributed by atoms with Gasteiger partial charge in [0.15, 0.2) is 0 Å². The summed E-state index contributed by atoms with van der Waals surface area (Å²) in [5.41, 5.74) is 2.43. The zero-order valence-corrected chi connectivity index (χ0v) is 59.5. The van der Waals surface area contributed by atoms with Gasteiger partial charge in [-0.05, 0) is 82.5 Å². The predicted octanol–water partition coefficient (Wildman–Crippen LogP) is 28.5. The Balaban J connectivity index is 1.30. The van der Waals surface area contributed by atoms with E-state index in [1.165, 1.54) is 344 Å². The molecular formula is C72H118Br2N2O2S4. The maximum Gasteiger partial charge on any atom is 0.146 e. The number of aromatic nitrogens is 2. The SMILES string of the molecule is CCCCCCCCCCCCCCOc1c2cc(-c3nc(CCCCCCCCCCCCCC)c(Br)s3)sc2c(OCCCCCCCCCCCCCC)c2cc(-c3nc(CCCCCCCCCCCCCC)c(Br)s3)sc12. The van der Waals surface area contributed by atoms with Crippen molar-refractivity contribution in [3.8, 4) is 31.3 Å². The number of halogens is 2. The van der Waals surface area contributed by atoms with Gasteiger partial charge in [0.25, 0.3) is 0 Å². The van der Waals surface area contributed by atoms with Gasteiger partial charge in [-0.15, -0.1) is 45.3 Å². The molecule has 0 saturated carbocycles. The molecule has 0 aliphatic rings. The van der Waals surface area contributed by atoms with Gasteiger partial charge in [-0.3, -0.25) is 0 Å². The summed E-state index contributed by atoms with van der Waals surface area (Å²) in [6, 6.07) is 4.80. The summed E-state index contributed by atoms with van der Waals surface area (Å²) in [4.78, 5) is 13.2. The van der Waals surface area contributed by atoms with Crippen LogP contribution in [0, 0.1) is 0 Å². The fraction of sp³-hybridized carbons (Fsp3) is 0.778. The third-order valence-corrected chi connectivity index (χ3v) is 23.4. The van der Waals surface area contributed by atoms with Crippen LogP contribution in [-0.4, -0.2) is 23.2 Å². The number of thiazole rings is 2. The second-order valence-corrected chi connectivity index (χ2v) is 31.3. The number of ether oxygens (including phenoxy) is 2.